The van der Waals surface area contributed by atoms with E-state index in [1.165, 1.54) is 25.3 Å². The van der Waals surface area contributed by atoms with Crippen molar-refractivity contribution >= 4 is 17.7 Å². The molecule has 0 aliphatic carbocycles. The van der Waals surface area contributed by atoms with Crippen LogP contribution in [-0.2, 0) is 9.53 Å². The van der Waals surface area contributed by atoms with Crippen molar-refractivity contribution < 1.29 is 13.9 Å². The first-order valence-corrected chi connectivity index (χ1v) is 3.94. The van der Waals surface area contributed by atoms with Gasteiger partial charge in [-0.3, -0.25) is 0 Å². The number of halogens is 1. The molecule has 2 N–H and O–H groups in total. The van der Waals surface area contributed by atoms with E-state index >= 15 is 0 Å². The van der Waals surface area contributed by atoms with Crippen molar-refractivity contribution in [1.29, 1.82) is 0 Å². The first-order valence-electron chi connectivity index (χ1n) is 3.94. The van der Waals surface area contributed by atoms with Gasteiger partial charge in [0.05, 0.1) is 7.11 Å². The third kappa shape index (κ3) is 2.58. The zero-order valence-electron chi connectivity index (χ0n) is 7.66. The highest BCUT2D eigenvalue weighted by atomic mass is 19.1. The lowest BCUT2D eigenvalue weighted by Gasteiger charge is -1.97. The van der Waals surface area contributed by atoms with E-state index in [1.807, 2.05) is 0 Å². The summed E-state index contributed by atoms with van der Waals surface area (Å²) in [6, 6.07) is 4.24. The van der Waals surface area contributed by atoms with Crippen LogP contribution in [0, 0.1) is 5.82 Å². The molecule has 0 saturated carbocycles. The molecule has 0 amide bonds. The molecule has 0 atom stereocenters. The molecule has 74 valence electrons. The Balaban J connectivity index is 2.87. The summed E-state index contributed by atoms with van der Waals surface area (Å²) < 4.78 is 17.5. The minimum atomic E-state index is -0.527. The van der Waals surface area contributed by atoms with Gasteiger partial charge in [-0.25, -0.2) is 9.18 Å². The second kappa shape index (κ2) is 4.41. The number of ether oxygens (including phenoxy) is 1. The molecule has 0 saturated heterocycles. The van der Waals surface area contributed by atoms with Gasteiger partial charge in [-0.2, -0.15) is 0 Å². The molecule has 0 bridgehead atoms. The second-order valence-electron chi connectivity index (χ2n) is 2.64. The number of carbonyl (C=O) groups is 1. The van der Waals surface area contributed by atoms with Crippen LogP contribution in [0.4, 0.5) is 10.1 Å². The summed E-state index contributed by atoms with van der Waals surface area (Å²) in [6.07, 6.45) is 2.48. The van der Waals surface area contributed by atoms with Crippen LogP contribution in [0.3, 0.4) is 0 Å². The van der Waals surface area contributed by atoms with Crippen molar-refractivity contribution in [3.63, 3.8) is 0 Å². The summed E-state index contributed by atoms with van der Waals surface area (Å²) >= 11 is 0. The smallest absolute Gasteiger partial charge is 0.330 e. The zero-order chi connectivity index (χ0) is 10.6. The topological polar surface area (TPSA) is 52.3 Å². The van der Waals surface area contributed by atoms with Crippen LogP contribution in [0.25, 0.3) is 6.08 Å². The number of hydrogen-bond donors (Lipinski definition) is 1. The molecule has 14 heavy (non-hydrogen) atoms. The molecular weight excluding hydrogens is 185 g/mol. The average molecular weight is 195 g/mol. The Hall–Kier alpha value is -1.84. The van der Waals surface area contributed by atoms with Crippen LogP contribution >= 0.6 is 0 Å². The van der Waals surface area contributed by atoms with E-state index in [-0.39, 0.29) is 0 Å². The number of nitrogens with two attached hydrogens (primary N) is 1. The van der Waals surface area contributed by atoms with Crippen LogP contribution in [0.15, 0.2) is 24.3 Å². The Kier molecular flexibility index (Phi) is 3.23. The van der Waals surface area contributed by atoms with Gasteiger partial charge in [0.2, 0.25) is 0 Å². The minimum absolute atomic E-state index is 0.296. The fraction of sp³-hybridized carbons (Fsp3) is 0.100. The minimum Gasteiger partial charge on any atom is -0.466 e. The number of rotatable bonds is 2. The molecule has 1 aromatic carbocycles. The normalized spacial score (nSPS) is 10.4. The highest BCUT2D eigenvalue weighted by molar-refractivity contribution is 5.87. The lowest BCUT2D eigenvalue weighted by molar-refractivity contribution is -0.134. The van der Waals surface area contributed by atoms with Gasteiger partial charge in [-0.05, 0) is 24.3 Å². The molecule has 1 rings (SSSR count). The van der Waals surface area contributed by atoms with E-state index in [1.54, 1.807) is 6.07 Å². The van der Waals surface area contributed by atoms with Crippen molar-refractivity contribution in [2.24, 2.45) is 0 Å². The van der Waals surface area contributed by atoms with Crippen LogP contribution < -0.4 is 5.73 Å². The van der Waals surface area contributed by atoms with Gasteiger partial charge < -0.3 is 10.5 Å². The molecule has 0 radical (unpaired) electrons. The molecular formula is C10H10FNO2. The molecule has 1 aromatic rings. The third-order valence-electron chi connectivity index (χ3n) is 1.62. The standard InChI is InChI=1S/C10H10FNO2/c1-14-10(13)5-3-7-2-4-8(12)6-9(7)11/h2-6H,12H2,1H3. The van der Waals surface area contributed by atoms with E-state index in [9.17, 15) is 9.18 Å². The summed E-state index contributed by atoms with van der Waals surface area (Å²) in [5.74, 6) is -0.994. The molecule has 3 nitrogen and oxygen atoms in total. The fourth-order valence-corrected chi connectivity index (χ4v) is 0.904. The number of nitrogen functional groups attached to an aromatic ring is 1. The van der Waals surface area contributed by atoms with Crippen LogP contribution in [0.2, 0.25) is 0 Å². The number of anilines is 1. The lowest BCUT2D eigenvalue weighted by atomic mass is 10.2. The quantitative estimate of drug-likeness (QED) is 0.443. The second-order valence-corrected chi connectivity index (χ2v) is 2.64. The van der Waals surface area contributed by atoms with Gasteiger partial charge in [0.25, 0.3) is 0 Å². The van der Waals surface area contributed by atoms with E-state index in [0.717, 1.165) is 6.08 Å². The van der Waals surface area contributed by atoms with Gasteiger partial charge in [0, 0.05) is 17.3 Å². The summed E-state index contributed by atoms with van der Waals surface area (Å²) in [7, 11) is 1.26. The van der Waals surface area contributed by atoms with Gasteiger partial charge >= 0.3 is 5.97 Å². The largest absolute Gasteiger partial charge is 0.466 e. The van der Waals surface area contributed by atoms with Crippen LogP contribution in [0.5, 0.6) is 0 Å². The molecule has 0 spiro atoms. The Bertz CT molecular complexity index is 374. The maximum absolute atomic E-state index is 13.1. The third-order valence-corrected chi connectivity index (χ3v) is 1.62. The SMILES string of the molecule is COC(=O)C=Cc1ccc(N)cc1F. The first kappa shape index (κ1) is 10.2. The Morgan fingerprint density at radius 3 is 2.86 bits per heavy atom. The van der Waals surface area contributed by atoms with Crippen LogP contribution in [0.1, 0.15) is 5.56 Å². The van der Waals surface area contributed by atoms with E-state index in [0.29, 0.717) is 11.3 Å². The average Bonchev–Trinajstić information content (AvgIpc) is 2.16. The fourth-order valence-electron chi connectivity index (χ4n) is 0.904. The monoisotopic (exact) mass is 195 g/mol. The Morgan fingerprint density at radius 1 is 1.57 bits per heavy atom. The summed E-state index contributed by atoms with van der Waals surface area (Å²) in [5, 5.41) is 0. The molecule has 0 fully saturated rings. The van der Waals surface area contributed by atoms with Crippen LogP contribution in [-0.4, -0.2) is 13.1 Å². The van der Waals surface area contributed by atoms with Crippen molar-refractivity contribution in [2.45, 2.75) is 0 Å². The van der Waals surface area contributed by atoms with Crippen molar-refractivity contribution in [3.05, 3.63) is 35.7 Å². The van der Waals surface area contributed by atoms with Crippen molar-refractivity contribution in [2.75, 3.05) is 12.8 Å². The van der Waals surface area contributed by atoms with E-state index in [4.69, 9.17) is 5.73 Å². The molecule has 4 heteroatoms. The Labute approximate surface area is 81.0 Å². The van der Waals surface area contributed by atoms with E-state index < -0.39 is 11.8 Å². The number of methoxy groups -OCH3 is 1. The summed E-state index contributed by atoms with van der Waals surface area (Å²) in [6.45, 7) is 0. The maximum atomic E-state index is 13.1. The van der Waals surface area contributed by atoms with Gasteiger partial charge in [-0.1, -0.05) is 0 Å². The predicted molar refractivity (Wildman–Crippen MR) is 51.9 cm³/mol. The van der Waals surface area contributed by atoms with Gasteiger partial charge in [0.15, 0.2) is 0 Å². The zero-order valence-corrected chi connectivity index (χ0v) is 7.66. The molecule has 0 unspecified atom stereocenters. The molecule has 0 aromatic heterocycles. The highest BCUT2D eigenvalue weighted by Gasteiger charge is 1.99. The number of carbonyl (C=O) groups excluding carboxylic acids is 1. The van der Waals surface area contributed by atoms with E-state index in [2.05, 4.69) is 4.74 Å². The number of esters is 1. The van der Waals surface area contributed by atoms with Gasteiger partial charge in [0.1, 0.15) is 5.82 Å². The Morgan fingerprint density at radius 2 is 2.29 bits per heavy atom. The summed E-state index contributed by atoms with van der Waals surface area (Å²) in [5.41, 5.74) is 5.99. The van der Waals surface area contributed by atoms with Crippen molar-refractivity contribution in [3.8, 4) is 0 Å². The lowest BCUT2D eigenvalue weighted by Crippen LogP contribution is -1.94. The summed E-state index contributed by atoms with van der Waals surface area (Å²) in [4.78, 5) is 10.7. The highest BCUT2D eigenvalue weighted by Crippen LogP contribution is 2.13. The number of hydrogen-bond acceptors (Lipinski definition) is 3. The predicted octanol–water partition coefficient (Wildman–Crippen LogP) is 1.59. The van der Waals surface area contributed by atoms with Crippen molar-refractivity contribution in [1.82, 2.24) is 0 Å². The number of benzene rings is 1. The maximum Gasteiger partial charge on any atom is 0.330 e. The molecule has 0 aliphatic heterocycles. The van der Waals surface area contributed by atoms with Gasteiger partial charge in [-0.15, -0.1) is 0 Å². The molecule has 0 aliphatic rings. The molecule has 0 heterocycles. The first-order chi connectivity index (χ1) is 6.63.